The van der Waals surface area contributed by atoms with Crippen LogP contribution in [0.5, 0.6) is 0 Å². The minimum Gasteiger partial charge on any atom is -0.0648 e. The van der Waals surface area contributed by atoms with E-state index < -0.39 is 0 Å². The van der Waals surface area contributed by atoms with E-state index in [1.165, 1.54) is 0 Å². The third-order valence-electron chi connectivity index (χ3n) is 1.69. The molecule has 2 aliphatic carbocycles. The monoisotopic (exact) mass is 250 g/mol. The van der Waals surface area contributed by atoms with Crippen LogP contribution >= 0.6 is 0 Å². The zero-order valence-corrected chi connectivity index (χ0v) is 9.87. The third-order valence-corrected chi connectivity index (χ3v) is 1.69. The van der Waals surface area contributed by atoms with E-state index in [9.17, 15) is 0 Å². The number of hydrogen-bond acceptors (Lipinski definition) is 0. The van der Waals surface area contributed by atoms with Gasteiger partial charge in [0.1, 0.15) is 0 Å². The summed E-state index contributed by atoms with van der Waals surface area (Å²) in [5.74, 6) is 1.03. The van der Waals surface area contributed by atoms with Crippen molar-refractivity contribution in [3.8, 4) is 0 Å². The van der Waals surface area contributed by atoms with Gasteiger partial charge in [-0.15, -0.1) is 0 Å². The Morgan fingerprint density at radius 3 is 1.20 bits per heavy atom. The summed E-state index contributed by atoms with van der Waals surface area (Å²) in [6.45, 7) is 3.65. The van der Waals surface area contributed by atoms with E-state index in [1.54, 1.807) is 0 Å². The second-order valence-electron chi connectivity index (χ2n) is 2.66. The van der Waals surface area contributed by atoms with Gasteiger partial charge < -0.3 is 0 Å². The molecule has 10 radical (unpaired) electrons. The van der Waals surface area contributed by atoms with Gasteiger partial charge in [0.25, 0.3) is 0 Å². The molecule has 0 saturated heterocycles. The van der Waals surface area contributed by atoms with Crippen molar-refractivity contribution in [2.75, 3.05) is 0 Å². The van der Waals surface area contributed by atoms with Crippen LogP contribution in [0.15, 0.2) is 0 Å². The molecule has 0 N–H and O–H groups in total. The Morgan fingerprint density at radius 2 is 1.07 bits per heavy atom. The number of hydrogen-bond donors (Lipinski definition) is 0. The molecular formula is C14H18Fe+2. The van der Waals surface area contributed by atoms with Crippen molar-refractivity contribution in [2.45, 2.75) is 26.7 Å². The van der Waals surface area contributed by atoms with Crippen LogP contribution in [-0.2, 0) is 17.1 Å². The Morgan fingerprint density at radius 1 is 0.800 bits per heavy atom. The third kappa shape index (κ3) is 6.64. The first-order valence-electron chi connectivity index (χ1n) is 8.62. The van der Waals surface area contributed by atoms with E-state index in [4.69, 9.17) is 11.0 Å². The average Bonchev–Trinajstić information content (AvgIpc) is 2.81. The SMILES string of the molecule is [2H][C]1[C]([2H])[C]([2H])[C](CC)[C]1[2H].[2H][C]1[C]([2H])[C]([2H])[C](CC)[C]1[2H].[Fe+2]. The van der Waals surface area contributed by atoms with E-state index in [1.807, 2.05) is 13.8 Å². The average molecular weight is 250 g/mol. The van der Waals surface area contributed by atoms with Gasteiger partial charge in [-0.2, -0.15) is 0 Å². The van der Waals surface area contributed by atoms with Gasteiger partial charge in [-0.25, -0.2) is 0 Å². The Labute approximate surface area is 118 Å². The molecule has 2 saturated carbocycles. The van der Waals surface area contributed by atoms with E-state index in [0.29, 0.717) is 24.7 Å². The van der Waals surface area contributed by atoms with Crippen molar-refractivity contribution < 1.29 is 28.0 Å². The fourth-order valence-corrected chi connectivity index (χ4v) is 0.843. The van der Waals surface area contributed by atoms with Crippen molar-refractivity contribution >= 4 is 0 Å². The van der Waals surface area contributed by atoms with Gasteiger partial charge in [-0.05, 0) is 75.9 Å². The largest absolute Gasteiger partial charge is 2.00 e. The van der Waals surface area contributed by atoms with Gasteiger partial charge in [-0.1, -0.05) is 13.8 Å². The molecule has 0 aromatic rings. The molecule has 2 fully saturated rings. The van der Waals surface area contributed by atoms with Crippen molar-refractivity contribution in [1.29, 1.82) is 0 Å². The molecule has 0 aromatic heterocycles. The maximum Gasteiger partial charge on any atom is 2.00 e. The molecule has 0 aromatic carbocycles. The fraction of sp³-hybridized carbons (Fsp3) is 0.286. The molecule has 0 atom stereocenters. The normalized spacial score (nSPS) is 40.1. The Hall–Kier alpha value is 0.519. The molecule has 2 rings (SSSR count). The maximum absolute atomic E-state index is 7.33. The van der Waals surface area contributed by atoms with Gasteiger partial charge in [-0.3, -0.25) is 0 Å². The van der Waals surface area contributed by atoms with E-state index >= 15 is 0 Å². The van der Waals surface area contributed by atoms with E-state index in [0.717, 1.165) is 0 Å². The molecule has 80 valence electrons. The Balaban J connectivity index is 0.000000403. The molecule has 0 unspecified atom stereocenters. The molecule has 2 aliphatic rings. The van der Waals surface area contributed by atoms with Crippen molar-refractivity contribution in [1.82, 2.24) is 0 Å². The molecule has 1 heteroatoms. The summed E-state index contributed by atoms with van der Waals surface area (Å²) in [4.78, 5) is 0. The summed E-state index contributed by atoms with van der Waals surface area (Å²) in [6.07, 6.45) is 0.817. The summed E-state index contributed by atoms with van der Waals surface area (Å²) >= 11 is 0. The Bertz CT molecular complexity index is 287. The molecule has 0 amide bonds. The van der Waals surface area contributed by atoms with Crippen LogP contribution in [0.2, 0.25) is 0 Å². The number of rotatable bonds is 2. The summed E-state index contributed by atoms with van der Waals surface area (Å²) in [6, 6.07) is 0. The topological polar surface area (TPSA) is 0 Å². The van der Waals surface area contributed by atoms with Gasteiger partial charge in [0.15, 0.2) is 0 Å². The molecule has 0 spiro atoms. The van der Waals surface area contributed by atoms with Gasteiger partial charge in [0.05, 0.1) is 0 Å². The predicted molar refractivity (Wildman–Crippen MR) is 61.5 cm³/mol. The fourth-order valence-electron chi connectivity index (χ4n) is 0.843. The Kier molecular flexibility index (Phi) is 4.18. The van der Waals surface area contributed by atoms with Crippen molar-refractivity contribution in [3.63, 3.8) is 0 Å². The zero-order valence-electron chi connectivity index (χ0n) is 16.8. The first-order valence-corrected chi connectivity index (χ1v) is 4.62. The van der Waals surface area contributed by atoms with Crippen LogP contribution in [0.25, 0.3) is 0 Å². The smallest absolute Gasteiger partial charge is 0.0648 e. The minimum atomic E-state index is -0.119. The second kappa shape index (κ2) is 9.72. The van der Waals surface area contributed by atoms with Crippen LogP contribution in [0.4, 0.5) is 0 Å². The van der Waals surface area contributed by atoms with Crippen molar-refractivity contribution in [2.24, 2.45) is 0 Å². The van der Waals surface area contributed by atoms with Crippen LogP contribution in [0, 0.1) is 63.0 Å². The first kappa shape index (κ1) is 6.45. The van der Waals surface area contributed by atoms with Crippen LogP contribution in [-0.4, -0.2) is 0 Å². The van der Waals surface area contributed by atoms with Crippen molar-refractivity contribution in [3.05, 3.63) is 63.0 Å². The molecule has 0 aliphatic heterocycles. The predicted octanol–water partition coefficient (Wildman–Crippen LogP) is 3.60. The van der Waals surface area contributed by atoms with Crippen LogP contribution in [0.3, 0.4) is 0 Å². The zero-order chi connectivity index (χ0) is 17.2. The molecule has 0 heterocycles. The minimum absolute atomic E-state index is 0. The van der Waals surface area contributed by atoms with E-state index in [-0.39, 0.29) is 68.2 Å². The summed E-state index contributed by atoms with van der Waals surface area (Å²) < 4.78 is 58.2. The van der Waals surface area contributed by atoms with Crippen LogP contribution in [0.1, 0.15) is 37.7 Å². The molecular weight excluding hydrogens is 224 g/mol. The van der Waals surface area contributed by atoms with Gasteiger partial charge >= 0.3 is 17.1 Å². The summed E-state index contributed by atoms with van der Waals surface area (Å²) in [5.41, 5.74) is 0. The second-order valence-corrected chi connectivity index (χ2v) is 2.66. The summed E-state index contributed by atoms with van der Waals surface area (Å²) in [5, 5.41) is 0. The molecule has 0 nitrogen and oxygen atoms in total. The van der Waals surface area contributed by atoms with Gasteiger partial charge in [0.2, 0.25) is 0 Å². The summed E-state index contributed by atoms with van der Waals surface area (Å²) in [7, 11) is 0. The standard InChI is InChI=1S/2C7H9.Fe/c2*1-2-7-5-3-4-6-7;/h2*3-6H,2H2,1H3;/q;;+2/i2*3D,4D,5D,6D;. The first-order chi connectivity index (χ1) is 10.2. The maximum atomic E-state index is 7.33. The van der Waals surface area contributed by atoms with Crippen LogP contribution < -0.4 is 0 Å². The molecule has 15 heavy (non-hydrogen) atoms. The molecule has 0 bridgehead atoms. The van der Waals surface area contributed by atoms with Gasteiger partial charge in [0, 0.05) is 11.0 Å². The quantitative estimate of drug-likeness (QED) is 0.657. The van der Waals surface area contributed by atoms with E-state index in [2.05, 4.69) is 0 Å².